The third-order valence-corrected chi connectivity index (χ3v) is 14.6. The van der Waals surface area contributed by atoms with Gasteiger partial charge in [-0.25, -0.2) is 0 Å². The second-order valence-corrected chi connectivity index (χ2v) is 16.0. The molecular formula is C34H22N3PSe. The van der Waals surface area contributed by atoms with Crippen LogP contribution in [0.1, 0.15) is 0 Å². The SMILES string of the molecule is [Se]=P(c1ccccc1)(c1ccccc1)c1ccc2nc3c4ccccc4n4c5ccccc5nc4c3cc2c1. The van der Waals surface area contributed by atoms with Crippen molar-refractivity contribution >= 4 is 85.9 Å². The standard InChI is InChI=1S/C34H22N3PSe/c39-38(24-11-3-1-4-12-24,25-13-5-2-6-14-25)26-19-20-29-23(21-26)22-28-33(35-29)27-15-7-9-17-31(27)37-32-18-10-8-16-30(32)36-34(28)37/h1-22H. The fourth-order valence-electron chi connectivity index (χ4n) is 5.78. The summed E-state index contributed by atoms with van der Waals surface area (Å²) >= 11 is 3.69. The normalized spacial score (nSPS) is 12.2. The Bertz CT molecular complexity index is 2210. The van der Waals surface area contributed by atoms with Crippen LogP contribution in [-0.2, 0) is 0 Å². The van der Waals surface area contributed by atoms with E-state index in [1.165, 1.54) is 15.9 Å². The van der Waals surface area contributed by atoms with E-state index in [1.54, 1.807) is 0 Å². The van der Waals surface area contributed by atoms with E-state index in [0.29, 0.717) is 0 Å². The molecule has 0 radical (unpaired) electrons. The van der Waals surface area contributed by atoms with Gasteiger partial charge < -0.3 is 0 Å². The van der Waals surface area contributed by atoms with Gasteiger partial charge in [-0.3, -0.25) is 0 Å². The minimum absolute atomic E-state index is 0.944. The summed E-state index contributed by atoms with van der Waals surface area (Å²) in [6, 6.07) is 47.6. The first kappa shape index (κ1) is 22.9. The van der Waals surface area contributed by atoms with Crippen molar-refractivity contribution in [3.63, 3.8) is 0 Å². The van der Waals surface area contributed by atoms with Gasteiger partial charge >= 0.3 is 234 Å². The van der Waals surface area contributed by atoms with Crippen LogP contribution in [0.4, 0.5) is 0 Å². The van der Waals surface area contributed by atoms with Crippen LogP contribution in [-0.4, -0.2) is 29.5 Å². The van der Waals surface area contributed by atoms with E-state index in [0.717, 1.165) is 49.4 Å². The van der Waals surface area contributed by atoms with Crippen molar-refractivity contribution in [3.8, 4) is 0 Å². The number of aromatic nitrogens is 3. The number of rotatable bonds is 3. The van der Waals surface area contributed by atoms with Crippen LogP contribution in [0.2, 0.25) is 0 Å². The van der Waals surface area contributed by atoms with E-state index in [2.05, 4.69) is 147 Å². The molecule has 5 heteroatoms. The van der Waals surface area contributed by atoms with Gasteiger partial charge in [0.05, 0.1) is 0 Å². The molecule has 8 rings (SSSR count). The van der Waals surface area contributed by atoms with Crippen molar-refractivity contribution in [1.29, 1.82) is 0 Å². The number of nitrogens with zero attached hydrogens (tertiary/aromatic N) is 3. The summed E-state index contributed by atoms with van der Waals surface area (Å²) in [4.78, 5) is 10.3. The van der Waals surface area contributed by atoms with E-state index in [9.17, 15) is 0 Å². The molecule has 0 aliphatic carbocycles. The zero-order valence-electron chi connectivity index (χ0n) is 20.9. The summed E-state index contributed by atoms with van der Waals surface area (Å²) in [6.07, 6.45) is 0. The topological polar surface area (TPSA) is 30.2 Å². The molecule has 3 heterocycles. The Morgan fingerprint density at radius 1 is 0.513 bits per heavy atom. The first-order valence-corrected chi connectivity index (χ1v) is 17.0. The minimum atomic E-state index is -1.98. The average molecular weight is 583 g/mol. The Morgan fingerprint density at radius 3 is 1.90 bits per heavy atom. The number of para-hydroxylation sites is 3. The van der Waals surface area contributed by atoms with Gasteiger partial charge in [0, 0.05) is 0 Å². The van der Waals surface area contributed by atoms with Crippen molar-refractivity contribution in [3.05, 3.63) is 133 Å². The summed E-state index contributed by atoms with van der Waals surface area (Å²) in [5.41, 5.74) is 4.18. The fourth-order valence-corrected chi connectivity index (χ4v) is 10.7. The third-order valence-electron chi connectivity index (χ3n) is 7.60. The fraction of sp³-hybridized carbons (Fsp3) is 0. The Balaban J connectivity index is 1.47. The maximum absolute atomic E-state index is 5.24. The zero-order valence-corrected chi connectivity index (χ0v) is 23.5. The summed E-state index contributed by atoms with van der Waals surface area (Å²) < 4.78 is 2.28. The van der Waals surface area contributed by atoms with Crippen molar-refractivity contribution in [2.45, 2.75) is 0 Å². The molecule has 0 saturated carbocycles. The van der Waals surface area contributed by atoms with Crippen LogP contribution >= 0.6 is 5.51 Å². The van der Waals surface area contributed by atoms with Gasteiger partial charge in [0.15, 0.2) is 0 Å². The van der Waals surface area contributed by atoms with Crippen LogP contribution in [0, 0.1) is 0 Å². The van der Waals surface area contributed by atoms with E-state index in [4.69, 9.17) is 9.97 Å². The molecule has 3 nitrogen and oxygen atoms in total. The second-order valence-electron chi connectivity index (χ2n) is 9.82. The van der Waals surface area contributed by atoms with Crippen LogP contribution < -0.4 is 15.9 Å². The van der Waals surface area contributed by atoms with Crippen LogP contribution in [0.25, 0.3) is 49.4 Å². The van der Waals surface area contributed by atoms with Crippen molar-refractivity contribution < 1.29 is 0 Å². The Morgan fingerprint density at radius 2 is 1.15 bits per heavy atom. The van der Waals surface area contributed by atoms with E-state index in [-0.39, 0.29) is 0 Å². The number of imidazole rings is 1. The predicted octanol–water partition coefficient (Wildman–Crippen LogP) is 6.72. The van der Waals surface area contributed by atoms with E-state index in [1.807, 2.05) is 6.07 Å². The Labute approximate surface area is 233 Å². The molecule has 0 aliphatic heterocycles. The van der Waals surface area contributed by atoms with Crippen LogP contribution in [0.15, 0.2) is 133 Å². The molecular weight excluding hydrogens is 560 g/mol. The summed E-state index contributed by atoms with van der Waals surface area (Å²) in [7, 11) is 0. The van der Waals surface area contributed by atoms with Crippen LogP contribution in [0.5, 0.6) is 0 Å². The molecule has 3 aromatic heterocycles. The van der Waals surface area contributed by atoms with Crippen molar-refractivity contribution in [1.82, 2.24) is 14.4 Å². The predicted molar refractivity (Wildman–Crippen MR) is 167 cm³/mol. The number of benzene rings is 5. The number of pyridine rings is 2. The van der Waals surface area contributed by atoms with Gasteiger partial charge in [0.1, 0.15) is 0 Å². The summed E-state index contributed by atoms with van der Waals surface area (Å²) in [6.45, 7) is 0. The molecule has 0 unspecified atom stereocenters. The molecule has 5 aromatic carbocycles. The zero-order chi connectivity index (χ0) is 26.0. The van der Waals surface area contributed by atoms with Gasteiger partial charge in [-0.05, 0) is 0 Å². The molecule has 184 valence electrons. The molecule has 0 N–H and O–H groups in total. The summed E-state index contributed by atoms with van der Waals surface area (Å²) in [5.74, 6) is 0. The molecule has 0 bridgehead atoms. The van der Waals surface area contributed by atoms with Gasteiger partial charge in [-0.15, -0.1) is 0 Å². The van der Waals surface area contributed by atoms with E-state index < -0.39 is 5.51 Å². The molecule has 0 spiro atoms. The molecule has 0 aliphatic rings. The second kappa shape index (κ2) is 8.73. The molecule has 0 saturated heterocycles. The Kier molecular flexibility index (Phi) is 5.12. The number of hydrogen-bond acceptors (Lipinski definition) is 2. The average Bonchev–Trinajstić information content (AvgIpc) is 3.41. The van der Waals surface area contributed by atoms with Crippen LogP contribution in [0.3, 0.4) is 0 Å². The van der Waals surface area contributed by atoms with Crippen molar-refractivity contribution in [2.75, 3.05) is 0 Å². The molecule has 0 atom stereocenters. The molecule has 39 heavy (non-hydrogen) atoms. The summed E-state index contributed by atoms with van der Waals surface area (Å²) in [5, 5.41) is 7.25. The molecule has 0 fully saturated rings. The van der Waals surface area contributed by atoms with Crippen molar-refractivity contribution in [2.24, 2.45) is 0 Å². The number of hydrogen-bond donors (Lipinski definition) is 0. The van der Waals surface area contributed by atoms with Gasteiger partial charge in [-0.1, -0.05) is 0 Å². The first-order valence-electron chi connectivity index (χ1n) is 13.0. The number of fused-ring (bicyclic) bond motifs is 9. The van der Waals surface area contributed by atoms with E-state index >= 15 is 0 Å². The van der Waals surface area contributed by atoms with Gasteiger partial charge in [-0.2, -0.15) is 0 Å². The first-order chi connectivity index (χ1) is 19.2. The molecule has 0 amide bonds. The van der Waals surface area contributed by atoms with Gasteiger partial charge in [0.25, 0.3) is 0 Å². The maximum atomic E-state index is 5.24. The monoisotopic (exact) mass is 583 g/mol. The third kappa shape index (κ3) is 3.40. The Hall–Kier alpha value is -4.07. The molecule has 8 aromatic rings. The quantitative estimate of drug-likeness (QED) is 0.100. The van der Waals surface area contributed by atoms with Gasteiger partial charge in [0.2, 0.25) is 0 Å².